The number of hydrogen-bond acceptors (Lipinski definition) is 3. The third-order valence-electron chi connectivity index (χ3n) is 3.01. The fourth-order valence-electron chi connectivity index (χ4n) is 2.17. The molecule has 1 N–H and O–H groups in total. The van der Waals surface area contributed by atoms with E-state index in [0.717, 1.165) is 31.9 Å². The van der Waals surface area contributed by atoms with Gasteiger partial charge in [0, 0.05) is 12.1 Å². The standard InChI is InChI=1S/C13H19NO2/c1-3-10-5-4-6-11(13(10)15-2)12-9-16-8-7-14-12/h4-6,12,14H,3,7-9H2,1-2H3. The second-order valence-corrected chi connectivity index (χ2v) is 3.97. The number of aryl methyl sites for hydroxylation is 1. The van der Waals surface area contributed by atoms with Crippen molar-refractivity contribution in [3.8, 4) is 5.75 Å². The topological polar surface area (TPSA) is 30.5 Å². The SMILES string of the molecule is CCc1cccc(C2COCCN2)c1OC. The van der Waals surface area contributed by atoms with Crippen LogP contribution in [0.15, 0.2) is 18.2 Å². The Bertz CT molecular complexity index is 346. The number of benzene rings is 1. The predicted molar refractivity (Wildman–Crippen MR) is 63.9 cm³/mol. The highest BCUT2D eigenvalue weighted by molar-refractivity contribution is 5.43. The van der Waals surface area contributed by atoms with Crippen molar-refractivity contribution in [2.75, 3.05) is 26.9 Å². The Morgan fingerprint density at radius 2 is 2.38 bits per heavy atom. The number of ether oxygens (including phenoxy) is 2. The van der Waals surface area contributed by atoms with Crippen molar-refractivity contribution < 1.29 is 9.47 Å². The fourth-order valence-corrected chi connectivity index (χ4v) is 2.17. The number of morpholine rings is 1. The van der Waals surface area contributed by atoms with Crippen LogP contribution < -0.4 is 10.1 Å². The van der Waals surface area contributed by atoms with Gasteiger partial charge in [-0.1, -0.05) is 25.1 Å². The monoisotopic (exact) mass is 221 g/mol. The number of para-hydroxylation sites is 1. The van der Waals surface area contributed by atoms with Gasteiger partial charge in [0.2, 0.25) is 0 Å². The molecule has 0 radical (unpaired) electrons. The molecule has 0 bridgehead atoms. The second kappa shape index (κ2) is 5.32. The molecule has 1 fully saturated rings. The zero-order valence-corrected chi connectivity index (χ0v) is 9.95. The highest BCUT2D eigenvalue weighted by Crippen LogP contribution is 2.30. The summed E-state index contributed by atoms with van der Waals surface area (Å²) in [5.41, 5.74) is 2.47. The maximum atomic E-state index is 5.53. The molecule has 0 aliphatic carbocycles. The molecular formula is C13H19NO2. The molecule has 3 nitrogen and oxygen atoms in total. The fraction of sp³-hybridized carbons (Fsp3) is 0.538. The van der Waals surface area contributed by atoms with Crippen LogP contribution in [0.4, 0.5) is 0 Å². The van der Waals surface area contributed by atoms with Gasteiger partial charge < -0.3 is 14.8 Å². The van der Waals surface area contributed by atoms with Crippen molar-refractivity contribution in [1.82, 2.24) is 5.32 Å². The van der Waals surface area contributed by atoms with E-state index in [0.29, 0.717) is 0 Å². The van der Waals surface area contributed by atoms with Gasteiger partial charge in [0.1, 0.15) is 5.75 Å². The number of hydrogen-bond donors (Lipinski definition) is 1. The number of rotatable bonds is 3. The average molecular weight is 221 g/mol. The Morgan fingerprint density at radius 1 is 1.50 bits per heavy atom. The van der Waals surface area contributed by atoms with Gasteiger partial charge in [0.05, 0.1) is 26.4 Å². The summed E-state index contributed by atoms with van der Waals surface area (Å²) in [5.74, 6) is 1.01. The van der Waals surface area contributed by atoms with E-state index in [1.807, 2.05) is 0 Å². The van der Waals surface area contributed by atoms with Crippen LogP contribution in [-0.4, -0.2) is 26.9 Å². The first-order valence-corrected chi connectivity index (χ1v) is 5.83. The van der Waals surface area contributed by atoms with Crippen molar-refractivity contribution in [2.24, 2.45) is 0 Å². The Balaban J connectivity index is 2.30. The summed E-state index contributed by atoms with van der Waals surface area (Å²) in [7, 11) is 1.74. The van der Waals surface area contributed by atoms with E-state index in [4.69, 9.17) is 9.47 Å². The lowest BCUT2D eigenvalue weighted by Gasteiger charge is -2.26. The first-order chi connectivity index (χ1) is 7.86. The molecule has 1 aromatic carbocycles. The molecule has 0 spiro atoms. The summed E-state index contributed by atoms with van der Waals surface area (Å²) >= 11 is 0. The third kappa shape index (κ3) is 2.20. The molecule has 16 heavy (non-hydrogen) atoms. The minimum atomic E-state index is 0.259. The summed E-state index contributed by atoms with van der Waals surface area (Å²) in [6.45, 7) is 4.58. The zero-order chi connectivity index (χ0) is 11.4. The highest BCUT2D eigenvalue weighted by atomic mass is 16.5. The highest BCUT2D eigenvalue weighted by Gasteiger charge is 2.20. The van der Waals surface area contributed by atoms with Crippen LogP contribution in [0.25, 0.3) is 0 Å². The van der Waals surface area contributed by atoms with Crippen molar-refractivity contribution >= 4 is 0 Å². The second-order valence-electron chi connectivity index (χ2n) is 3.97. The number of methoxy groups -OCH3 is 1. The Kier molecular flexibility index (Phi) is 3.80. The molecule has 0 aromatic heterocycles. The third-order valence-corrected chi connectivity index (χ3v) is 3.01. The van der Waals surface area contributed by atoms with Crippen molar-refractivity contribution in [2.45, 2.75) is 19.4 Å². The zero-order valence-electron chi connectivity index (χ0n) is 9.95. The minimum absolute atomic E-state index is 0.259. The molecule has 3 heteroatoms. The van der Waals surface area contributed by atoms with E-state index in [2.05, 4.69) is 30.4 Å². The lowest BCUT2D eigenvalue weighted by Crippen LogP contribution is -2.34. The summed E-state index contributed by atoms with van der Waals surface area (Å²) in [6, 6.07) is 6.58. The number of nitrogens with one attached hydrogen (secondary N) is 1. The quantitative estimate of drug-likeness (QED) is 0.846. The Morgan fingerprint density at radius 3 is 3.00 bits per heavy atom. The van der Waals surface area contributed by atoms with Gasteiger partial charge >= 0.3 is 0 Å². The summed E-state index contributed by atoms with van der Waals surface area (Å²) in [6.07, 6.45) is 0.991. The van der Waals surface area contributed by atoms with Gasteiger partial charge in [-0.15, -0.1) is 0 Å². The lowest BCUT2D eigenvalue weighted by atomic mass is 10.0. The first-order valence-electron chi connectivity index (χ1n) is 5.83. The van der Waals surface area contributed by atoms with Gasteiger partial charge in [-0.05, 0) is 12.0 Å². The largest absolute Gasteiger partial charge is 0.496 e. The molecule has 2 rings (SSSR count). The summed E-state index contributed by atoms with van der Waals surface area (Å²) < 4.78 is 11.0. The molecule has 1 saturated heterocycles. The van der Waals surface area contributed by atoms with Crippen LogP contribution >= 0.6 is 0 Å². The van der Waals surface area contributed by atoms with E-state index in [1.165, 1.54) is 11.1 Å². The molecule has 1 aromatic rings. The van der Waals surface area contributed by atoms with Crippen LogP contribution in [0.5, 0.6) is 5.75 Å². The van der Waals surface area contributed by atoms with E-state index < -0.39 is 0 Å². The predicted octanol–water partition coefficient (Wildman–Crippen LogP) is 1.92. The van der Waals surface area contributed by atoms with Gasteiger partial charge in [-0.25, -0.2) is 0 Å². The average Bonchev–Trinajstić information content (AvgIpc) is 2.38. The van der Waals surface area contributed by atoms with Gasteiger partial charge in [-0.3, -0.25) is 0 Å². The molecule has 1 aliphatic rings. The first kappa shape index (κ1) is 11.4. The molecule has 1 aliphatic heterocycles. The molecular weight excluding hydrogens is 202 g/mol. The van der Waals surface area contributed by atoms with E-state index in [-0.39, 0.29) is 6.04 Å². The molecule has 1 atom stereocenters. The Labute approximate surface area is 96.8 Å². The molecule has 1 unspecified atom stereocenters. The smallest absolute Gasteiger partial charge is 0.126 e. The van der Waals surface area contributed by atoms with E-state index in [1.54, 1.807) is 7.11 Å². The van der Waals surface area contributed by atoms with Crippen molar-refractivity contribution in [3.63, 3.8) is 0 Å². The van der Waals surface area contributed by atoms with Crippen molar-refractivity contribution in [3.05, 3.63) is 29.3 Å². The van der Waals surface area contributed by atoms with Crippen LogP contribution in [-0.2, 0) is 11.2 Å². The molecule has 0 saturated carbocycles. The summed E-state index contributed by atoms with van der Waals surface area (Å²) in [5, 5.41) is 3.46. The summed E-state index contributed by atoms with van der Waals surface area (Å²) in [4.78, 5) is 0. The van der Waals surface area contributed by atoms with Gasteiger partial charge in [0.25, 0.3) is 0 Å². The van der Waals surface area contributed by atoms with Crippen molar-refractivity contribution in [1.29, 1.82) is 0 Å². The lowest BCUT2D eigenvalue weighted by molar-refractivity contribution is 0.0760. The van der Waals surface area contributed by atoms with Crippen LogP contribution in [0.3, 0.4) is 0 Å². The molecule has 88 valence electrons. The molecule has 0 amide bonds. The maximum Gasteiger partial charge on any atom is 0.126 e. The van der Waals surface area contributed by atoms with Crippen LogP contribution in [0.2, 0.25) is 0 Å². The van der Waals surface area contributed by atoms with E-state index in [9.17, 15) is 0 Å². The molecule has 1 heterocycles. The van der Waals surface area contributed by atoms with Crippen LogP contribution in [0, 0.1) is 0 Å². The van der Waals surface area contributed by atoms with Gasteiger partial charge in [-0.2, -0.15) is 0 Å². The van der Waals surface area contributed by atoms with Crippen LogP contribution in [0.1, 0.15) is 24.1 Å². The van der Waals surface area contributed by atoms with E-state index >= 15 is 0 Å². The van der Waals surface area contributed by atoms with Gasteiger partial charge in [0.15, 0.2) is 0 Å². The minimum Gasteiger partial charge on any atom is -0.496 e. The Hall–Kier alpha value is -1.06. The normalized spacial score (nSPS) is 20.8. The maximum absolute atomic E-state index is 5.53.